The monoisotopic (exact) mass is 434 g/mol. The van der Waals surface area contributed by atoms with Gasteiger partial charge in [0, 0.05) is 24.2 Å². The number of anilines is 2. The van der Waals surface area contributed by atoms with Crippen LogP contribution in [0.3, 0.4) is 0 Å². The zero-order chi connectivity index (χ0) is 21.8. The maximum Gasteiger partial charge on any atom is 0.414 e. The third kappa shape index (κ3) is 3.57. The molecule has 0 N–H and O–H groups in total. The van der Waals surface area contributed by atoms with Gasteiger partial charge < -0.3 is 9.64 Å². The number of amides is 2. The summed E-state index contributed by atoms with van der Waals surface area (Å²) < 4.78 is 7.90. The lowest BCUT2D eigenvalue weighted by Gasteiger charge is -2.41. The summed E-state index contributed by atoms with van der Waals surface area (Å²) in [5.74, 6) is 0.301. The van der Waals surface area contributed by atoms with Gasteiger partial charge in [-0.2, -0.15) is 5.10 Å². The molecule has 1 aromatic heterocycles. The van der Waals surface area contributed by atoms with E-state index in [2.05, 4.69) is 11.3 Å². The fourth-order valence-corrected chi connectivity index (χ4v) is 5.08. The normalized spacial score (nSPS) is 23.3. The average Bonchev–Trinajstić information content (AvgIpc) is 3.72. The first kappa shape index (κ1) is 19.8. The summed E-state index contributed by atoms with van der Waals surface area (Å²) in [6.07, 6.45) is 12.1. The Labute approximate surface area is 188 Å². The number of ether oxygens (including phenoxy) is 1. The van der Waals surface area contributed by atoms with E-state index in [1.807, 2.05) is 40.9 Å². The summed E-state index contributed by atoms with van der Waals surface area (Å²) in [7, 11) is 0. The fourth-order valence-electron chi connectivity index (χ4n) is 5.08. The largest absolute Gasteiger partial charge is 0.446 e. The molecule has 2 aromatic rings. The Bertz CT molecular complexity index is 1050. The summed E-state index contributed by atoms with van der Waals surface area (Å²) in [4.78, 5) is 30.0. The second-order valence-corrected chi connectivity index (χ2v) is 9.88. The van der Waals surface area contributed by atoms with Gasteiger partial charge in [0.15, 0.2) is 0 Å². The minimum atomic E-state index is -0.297. The van der Waals surface area contributed by atoms with E-state index in [1.54, 1.807) is 4.90 Å². The molecule has 7 nitrogen and oxygen atoms in total. The topological polar surface area (TPSA) is 67.7 Å². The van der Waals surface area contributed by atoms with Crippen LogP contribution in [0.2, 0.25) is 0 Å². The molecule has 2 amide bonds. The number of rotatable bonds is 4. The van der Waals surface area contributed by atoms with Crippen LogP contribution in [0.1, 0.15) is 64.3 Å². The molecule has 7 heteroatoms. The predicted octanol–water partition coefficient (Wildman–Crippen LogP) is 4.92. The molecule has 1 unspecified atom stereocenters. The molecule has 2 heterocycles. The molecular weight excluding hydrogens is 404 g/mol. The molecule has 32 heavy (non-hydrogen) atoms. The Balaban J connectivity index is 1.36. The summed E-state index contributed by atoms with van der Waals surface area (Å²) in [6.45, 7) is 2.47. The molecular formula is C25H30N4O3. The number of fused-ring (bicyclic) bond motifs is 1. The summed E-state index contributed by atoms with van der Waals surface area (Å²) >= 11 is 0. The average molecular weight is 435 g/mol. The summed E-state index contributed by atoms with van der Waals surface area (Å²) in [5, 5.41) is 4.52. The molecule has 0 saturated heterocycles. The Morgan fingerprint density at radius 3 is 2.50 bits per heavy atom. The minimum absolute atomic E-state index is 0.00679. The van der Waals surface area contributed by atoms with Gasteiger partial charge in [-0.15, -0.1) is 0 Å². The van der Waals surface area contributed by atoms with E-state index >= 15 is 0 Å². The van der Waals surface area contributed by atoms with Gasteiger partial charge in [0.1, 0.15) is 6.10 Å². The highest BCUT2D eigenvalue weighted by atomic mass is 16.6. The van der Waals surface area contributed by atoms with Crippen LogP contribution in [0.15, 0.2) is 30.6 Å². The Kier molecular flexibility index (Phi) is 4.73. The number of hydrogen-bond donors (Lipinski definition) is 0. The smallest absolute Gasteiger partial charge is 0.414 e. The molecule has 3 aliphatic carbocycles. The highest BCUT2D eigenvalue weighted by Crippen LogP contribution is 2.43. The maximum atomic E-state index is 13.2. The number of hydrogen-bond acceptors (Lipinski definition) is 4. The van der Waals surface area contributed by atoms with E-state index in [9.17, 15) is 9.59 Å². The molecule has 168 valence electrons. The minimum Gasteiger partial charge on any atom is -0.446 e. The van der Waals surface area contributed by atoms with Crippen molar-refractivity contribution in [3.05, 3.63) is 30.6 Å². The SMILES string of the molecule is CC1CN(C(=O)OC2CCCC2)c2cc(-c3cnn(C4CC4)c3)ccc2N1C(=O)C1CC1. The third-order valence-electron chi connectivity index (χ3n) is 7.22. The van der Waals surface area contributed by atoms with Crippen LogP contribution in [0.5, 0.6) is 0 Å². The van der Waals surface area contributed by atoms with Crippen molar-refractivity contribution < 1.29 is 14.3 Å². The summed E-state index contributed by atoms with van der Waals surface area (Å²) in [5.41, 5.74) is 3.60. The molecule has 3 fully saturated rings. The number of aromatic nitrogens is 2. The Morgan fingerprint density at radius 2 is 1.78 bits per heavy atom. The standard InChI is InChI=1S/C25H30N4O3/c1-16-14-27(25(31)32-21-4-2-3-5-21)23-12-18(19-13-26-28(15-19)20-9-10-20)8-11-22(23)29(16)24(30)17-6-7-17/h8,11-13,15-17,20-21H,2-7,9-10,14H2,1H3. The molecule has 6 rings (SSSR count). The first-order valence-corrected chi connectivity index (χ1v) is 12.1. The van der Waals surface area contributed by atoms with E-state index < -0.39 is 0 Å². The van der Waals surface area contributed by atoms with Gasteiger partial charge >= 0.3 is 6.09 Å². The van der Waals surface area contributed by atoms with Crippen molar-refractivity contribution in [3.8, 4) is 11.1 Å². The van der Waals surface area contributed by atoms with Gasteiger partial charge in [0.05, 0.1) is 29.7 Å². The zero-order valence-corrected chi connectivity index (χ0v) is 18.6. The Morgan fingerprint density at radius 1 is 1.00 bits per heavy atom. The van der Waals surface area contributed by atoms with Gasteiger partial charge in [0.2, 0.25) is 5.91 Å². The lowest BCUT2D eigenvalue weighted by molar-refractivity contribution is -0.120. The van der Waals surface area contributed by atoms with Crippen LogP contribution in [0.4, 0.5) is 16.2 Å². The third-order valence-corrected chi connectivity index (χ3v) is 7.22. The van der Waals surface area contributed by atoms with Crippen LogP contribution in [-0.4, -0.2) is 40.5 Å². The molecule has 0 bridgehead atoms. The first-order chi connectivity index (χ1) is 15.6. The van der Waals surface area contributed by atoms with Crippen molar-refractivity contribution in [3.63, 3.8) is 0 Å². The molecule has 3 saturated carbocycles. The highest BCUT2D eigenvalue weighted by Gasteiger charge is 2.41. The second-order valence-electron chi connectivity index (χ2n) is 9.88. The Hall–Kier alpha value is -2.83. The lowest BCUT2D eigenvalue weighted by atomic mass is 10.0. The van der Waals surface area contributed by atoms with E-state index in [0.717, 1.165) is 61.0 Å². The van der Waals surface area contributed by atoms with Crippen molar-refractivity contribution in [2.45, 2.75) is 76.5 Å². The van der Waals surface area contributed by atoms with Crippen LogP contribution >= 0.6 is 0 Å². The van der Waals surface area contributed by atoms with Gasteiger partial charge in [-0.1, -0.05) is 6.07 Å². The van der Waals surface area contributed by atoms with Crippen LogP contribution in [0.25, 0.3) is 11.1 Å². The quantitative estimate of drug-likeness (QED) is 0.685. The van der Waals surface area contributed by atoms with Crippen LogP contribution < -0.4 is 9.80 Å². The number of benzene rings is 1. The summed E-state index contributed by atoms with van der Waals surface area (Å²) in [6, 6.07) is 6.49. The van der Waals surface area contributed by atoms with E-state index in [1.165, 1.54) is 12.8 Å². The van der Waals surface area contributed by atoms with Gasteiger partial charge in [-0.05, 0) is 76.0 Å². The zero-order valence-electron chi connectivity index (χ0n) is 18.6. The fraction of sp³-hybridized carbons (Fsp3) is 0.560. The van der Waals surface area contributed by atoms with E-state index in [-0.39, 0.29) is 30.1 Å². The van der Waals surface area contributed by atoms with Crippen molar-refractivity contribution in [2.24, 2.45) is 5.92 Å². The maximum absolute atomic E-state index is 13.2. The first-order valence-electron chi connectivity index (χ1n) is 12.1. The molecule has 0 spiro atoms. The number of carbonyl (C=O) groups is 2. The molecule has 1 atom stereocenters. The molecule has 1 aliphatic heterocycles. The van der Waals surface area contributed by atoms with Crippen LogP contribution in [0, 0.1) is 5.92 Å². The molecule has 0 radical (unpaired) electrons. The van der Waals surface area contributed by atoms with Crippen molar-refractivity contribution in [1.82, 2.24) is 9.78 Å². The molecule has 1 aromatic carbocycles. The highest BCUT2D eigenvalue weighted by molar-refractivity contribution is 6.05. The molecule has 4 aliphatic rings. The van der Waals surface area contributed by atoms with Crippen molar-refractivity contribution in [1.29, 1.82) is 0 Å². The van der Waals surface area contributed by atoms with Crippen molar-refractivity contribution in [2.75, 3.05) is 16.3 Å². The number of carbonyl (C=O) groups excluding carboxylic acids is 2. The van der Waals surface area contributed by atoms with E-state index in [4.69, 9.17) is 4.74 Å². The predicted molar refractivity (Wildman–Crippen MR) is 122 cm³/mol. The van der Waals surface area contributed by atoms with Gasteiger partial charge in [-0.25, -0.2) is 4.79 Å². The van der Waals surface area contributed by atoms with Gasteiger partial charge in [-0.3, -0.25) is 14.4 Å². The van der Waals surface area contributed by atoms with E-state index in [0.29, 0.717) is 12.6 Å². The lowest BCUT2D eigenvalue weighted by Crippen LogP contribution is -2.52. The van der Waals surface area contributed by atoms with Crippen molar-refractivity contribution >= 4 is 23.4 Å². The second kappa shape index (κ2) is 7.64. The van der Waals surface area contributed by atoms with Gasteiger partial charge in [0.25, 0.3) is 0 Å². The van der Waals surface area contributed by atoms with Crippen LogP contribution in [-0.2, 0) is 9.53 Å². The number of nitrogens with zero attached hydrogens (tertiary/aromatic N) is 4.